The molecule has 0 saturated carbocycles. The maximum absolute atomic E-state index is 12.0. The van der Waals surface area contributed by atoms with E-state index in [0.29, 0.717) is 35.6 Å². The lowest BCUT2D eigenvalue weighted by Gasteiger charge is -2.34. The van der Waals surface area contributed by atoms with E-state index in [9.17, 15) is 9.59 Å². The number of carbonyl (C=O) groups is 2. The molecule has 36 heavy (non-hydrogen) atoms. The molecule has 2 aromatic carbocycles. The van der Waals surface area contributed by atoms with Crippen LogP contribution in [0, 0.1) is 22.7 Å². The Labute approximate surface area is 211 Å². The van der Waals surface area contributed by atoms with Gasteiger partial charge in [0, 0.05) is 50.6 Å². The largest absolute Gasteiger partial charge is 0.338 e. The maximum Gasteiger partial charge on any atom is 0.319 e. The summed E-state index contributed by atoms with van der Waals surface area (Å²) in [6, 6.07) is 17.1. The third-order valence-electron chi connectivity index (χ3n) is 5.88. The van der Waals surface area contributed by atoms with Crippen molar-refractivity contribution in [2.75, 3.05) is 63.0 Å². The smallest absolute Gasteiger partial charge is 0.319 e. The molecule has 0 bridgehead atoms. The molecular weight excluding hydrogens is 456 g/mol. The minimum Gasteiger partial charge on any atom is -0.338 e. The molecule has 4 amide bonds. The molecule has 1 heterocycles. The molecule has 188 valence electrons. The first-order valence-electron chi connectivity index (χ1n) is 12.1. The highest BCUT2D eigenvalue weighted by atomic mass is 16.2. The number of nitrogens with zero attached hydrogens (tertiary/aromatic N) is 4. The molecule has 1 aliphatic heterocycles. The average Bonchev–Trinajstić information content (AvgIpc) is 2.91. The number of urea groups is 2. The lowest BCUT2D eigenvalue weighted by Crippen LogP contribution is -2.47. The Morgan fingerprint density at radius 3 is 1.36 bits per heavy atom. The van der Waals surface area contributed by atoms with Gasteiger partial charge in [-0.15, -0.1) is 0 Å². The number of piperazine rings is 1. The fourth-order valence-corrected chi connectivity index (χ4v) is 3.85. The molecule has 1 saturated heterocycles. The minimum atomic E-state index is -0.247. The highest BCUT2D eigenvalue weighted by molar-refractivity contribution is 5.89. The van der Waals surface area contributed by atoms with Crippen LogP contribution in [0.4, 0.5) is 21.0 Å². The van der Waals surface area contributed by atoms with Gasteiger partial charge in [0.1, 0.15) is 0 Å². The Kier molecular flexibility index (Phi) is 10.5. The molecular formula is C26H32N8O2. The van der Waals surface area contributed by atoms with Crippen molar-refractivity contribution in [1.29, 1.82) is 10.5 Å². The van der Waals surface area contributed by atoms with Crippen LogP contribution in [0.15, 0.2) is 48.5 Å². The van der Waals surface area contributed by atoms with Gasteiger partial charge in [0.05, 0.1) is 23.3 Å². The second kappa shape index (κ2) is 14.3. The van der Waals surface area contributed by atoms with E-state index in [2.05, 4.69) is 31.1 Å². The van der Waals surface area contributed by atoms with Crippen LogP contribution in [0.3, 0.4) is 0 Å². The normalized spacial score (nSPS) is 13.7. The van der Waals surface area contributed by atoms with Crippen LogP contribution < -0.4 is 21.3 Å². The molecule has 10 nitrogen and oxygen atoms in total. The van der Waals surface area contributed by atoms with Crippen LogP contribution in [0.2, 0.25) is 0 Å². The van der Waals surface area contributed by atoms with Crippen LogP contribution in [0.1, 0.15) is 24.0 Å². The van der Waals surface area contributed by atoms with Gasteiger partial charge in [-0.1, -0.05) is 0 Å². The van der Waals surface area contributed by atoms with E-state index in [4.69, 9.17) is 10.5 Å². The number of amides is 4. The molecule has 2 aromatic rings. The van der Waals surface area contributed by atoms with Gasteiger partial charge in [-0.05, 0) is 74.5 Å². The minimum absolute atomic E-state index is 0.247. The van der Waals surface area contributed by atoms with Crippen LogP contribution in [-0.2, 0) is 0 Å². The van der Waals surface area contributed by atoms with Crippen molar-refractivity contribution in [2.45, 2.75) is 12.8 Å². The molecule has 0 atom stereocenters. The maximum atomic E-state index is 12.0. The van der Waals surface area contributed by atoms with Crippen molar-refractivity contribution in [3.63, 3.8) is 0 Å². The van der Waals surface area contributed by atoms with Gasteiger partial charge in [0.2, 0.25) is 0 Å². The summed E-state index contributed by atoms with van der Waals surface area (Å²) in [7, 11) is 0. The number of nitriles is 2. The van der Waals surface area contributed by atoms with Crippen LogP contribution >= 0.6 is 0 Å². The third-order valence-corrected chi connectivity index (χ3v) is 5.88. The van der Waals surface area contributed by atoms with Gasteiger partial charge < -0.3 is 31.1 Å². The standard InChI is InChI=1S/C26H32N8O2/c27-19-21-3-7-23(8-4-21)31-25(35)29-11-1-13-33-15-17-34(18-16-33)14-2-12-30-26(36)32-24-9-5-22(20-28)6-10-24/h3-10H,1-2,11-18H2,(H2,29,31,35)(H2,30,32,36). The molecule has 3 rings (SSSR count). The summed E-state index contributed by atoms with van der Waals surface area (Å²) in [5, 5.41) is 28.9. The molecule has 1 fully saturated rings. The number of hydrogen-bond acceptors (Lipinski definition) is 6. The van der Waals surface area contributed by atoms with E-state index in [1.807, 2.05) is 12.1 Å². The SMILES string of the molecule is N#Cc1ccc(NC(=O)NCCCN2CCN(CCCNC(=O)Nc3ccc(C#N)cc3)CC2)cc1. The fraction of sp³-hybridized carbons (Fsp3) is 0.385. The summed E-state index contributed by atoms with van der Waals surface area (Å²) >= 11 is 0. The summed E-state index contributed by atoms with van der Waals surface area (Å²) in [4.78, 5) is 28.8. The molecule has 10 heteroatoms. The Bertz CT molecular complexity index is 978. The van der Waals surface area contributed by atoms with Gasteiger partial charge in [0.15, 0.2) is 0 Å². The Morgan fingerprint density at radius 2 is 1.03 bits per heavy atom. The second-order valence-electron chi connectivity index (χ2n) is 8.53. The quantitative estimate of drug-likeness (QED) is 0.380. The molecule has 1 aliphatic rings. The van der Waals surface area contributed by atoms with Crippen molar-refractivity contribution < 1.29 is 9.59 Å². The van der Waals surface area contributed by atoms with Crippen molar-refractivity contribution in [3.8, 4) is 12.1 Å². The number of nitrogens with one attached hydrogen (secondary N) is 4. The fourth-order valence-electron chi connectivity index (χ4n) is 3.85. The van der Waals surface area contributed by atoms with E-state index in [0.717, 1.165) is 52.1 Å². The predicted octanol–water partition coefficient (Wildman–Crippen LogP) is 2.77. The van der Waals surface area contributed by atoms with Gasteiger partial charge in [-0.2, -0.15) is 10.5 Å². The summed E-state index contributed by atoms with van der Waals surface area (Å²) in [6.45, 7) is 7.02. The van der Waals surface area contributed by atoms with Crippen molar-refractivity contribution in [1.82, 2.24) is 20.4 Å². The lowest BCUT2D eigenvalue weighted by atomic mass is 10.2. The first kappa shape index (κ1) is 26.5. The topological polar surface area (TPSA) is 136 Å². The van der Waals surface area contributed by atoms with Crippen molar-refractivity contribution >= 4 is 23.4 Å². The van der Waals surface area contributed by atoms with Gasteiger partial charge >= 0.3 is 12.1 Å². The van der Waals surface area contributed by atoms with E-state index in [-0.39, 0.29) is 12.1 Å². The molecule has 4 N–H and O–H groups in total. The van der Waals surface area contributed by atoms with Crippen LogP contribution in [-0.4, -0.2) is 74.2 Å². The van der Waals surface area contributed by atoms with E-state index in [1.165, 1.54) is 0 Å². The zero-order valence-electron chi connectivity index (χ0n) is 20.3. The second-order valence-corrected chi connectivity index (χ2v) is 8.53. The summed E-state index contributed by atoms with van der Waals surface area (Å²) in [5.74, 6) is 0. The van der Waals surface area contributed by atoms with Crippen LogP contribution in [0.25, 0.3) is 0 Å². The summed E-state index contributed by atoms with van der Waals surface area (Å²) in [6.07, 6.45) is 1.75. The van der Waals surface area contributed by atoms with Crippen molar-refractivity contribution in [2.24, 2.45) is 0 Å². The number of anilines is 2. The molecule has 0 unspecified atom stereocenters. The zero-order valence-corrected chi connectivity index (χ0v) is 20.3. The first-order valence-corrected chi connectivity index (χ1v) is 12.1. The number of hydrogen-bond donors (Lipinski definition) is 4. The summed E-state index contributed by atoms with van der Waals surface area (Å²) < 4.78 is 0. The third kappa shape index (κ3) is 9.26. The summed E-state index contributed by atoms with van der Waals surface area (Å²) in [5.41, 5.74) is 2.43. The van der Waals surface area contributed by atoms with Crippen molar-refractivity contribution in [3.05, 3.63) is 59.7 Å². The number of benzene rings is 2. The molecule has 0 aromatic heterocycles. The zero-order chi connectivity index (χ0) is 25.6. The predicted molar refractivity (Wildman–Crippen MR) is 138 cm³/mol. The highest BCUT2D eigenvalue weighted by Crippen LogP contribution is 2.09. The van der Waals surface area contributed by atoms with E-state index >= 15 is 0 Å². The highest BCUT2D eigenvalue weighted by Gasteiger charge is 2.16. The Balaban J connectivity index is 1.19. The van der Waals surface area contributed by atoms with Gasteiger partial charge in [-0.3, -0.25) is 0 Å². The Hall–Kier alpha value is -4.12. The number of rotatable bonds is 10. The van der Waals surface area contributed by atoms with Gasteiger partial charge in [-0.25, -0.2) is 9.59 Å². The van der Waals surface area contributed by atoms with E-state index < -0.39 is 0 Å². The van der Waals surface area contributed by atoms with E-state index in [1.54, 1.807) is 48.5 Å². The average molecular weight is 489 g/mol. The van der Waals surface area contributed by atoms with Crippen LogP contribution in [0.5, 0.6) is 0 Å². The monoisotopic (exact) mass is 488 g/mol. The lowest BCUT2D eigenvalue weighted by molar-refractivity contribution is 0.130. The van der Waals surface area contributed by atoms with Gasteiger partial charge in [0.25, 0.3) is 0 Å². The molecule has 0 radical (unpaired) electrons. The number of carbonyl (C=O) groups excluding carboxylic acids is 2. The molecule has 0 spiro atoms. The Morgan fingerprint density at radius 1 is 0.667 bits per heavy atom. The molecule has 0 aliphatic carbocycles. The first-order chi connectivity index (χ1) is 17.6.